The molecular weight excluding hydrogens is 288 g/mol. The van der Waals surface area contributed by atoms with Crippen LogP contribution in [0.15, 0.2) is 34.2 Å². The van der Waals surface area contributed by atoms with Crippen LogP contribution in [0.4, 0.5) is 0 Å². The van der Waals surface area contributed by atoms with Gasteiger partial charge in [-0.25, -0.2) is 0 Å². The summed E-state index contributed by atoms with van der Waals surface area (Å²) in [6.07, 6.45) is 10.3. The lowest BCUT2D eigenvalue weighted by Crippen LogP contribution is -2.44. The summed E-state index contributed by atoms with van der Waals surface area (Å²) in [4.78, 5) is 16.3. The third-order valence-corrected chi connectivity index (χ3v) is 4.27. The van der Waals surface area contributed by atoms with Crippen LogP contribution < -0.4 is 16.2 Å². The average molecular weight is 318 g/mol. The van der Waals surface area contributed by atoms with E-state index in [2.05, 4.69) is 22.5 Å². The van der Waals surface area contributed by atoms with Gasteiger partial charge in [0.2, 0.25) is 5.56 Å². The van der Waals surface area contributed by atoms with Gasteiger partial charge in [0.25, 0.3) is 0 Å². The summed E-state index contributed by atoms with van der Waals surface area (Å²) in [5.74, 6) is 0.941. The summed E-state index contributed by atoms with van der Waals surface area (Å²) in [5, 5.41) is 6.89. The number of aromatic nitrogens is 1. The summed E-state index contributed by atoms with van der Waals surface area (Å²) >= 11 is 0. The Hall–Kier alpha value is -1.78. The van der Waals surface area contributed by atoms with Gasteiger partial charge in [0.05, 0.1) is 0 Å². The topological polar surface area (TPSA) is 58.4 Å². The van der Waals surface area contributed by atoms with Gasteiger partial charge >= 0.3 is 0 Å². The van der Waals surface area contributed by atoms with Gasteiger partial charge in [-0.2, -0.15) is 0 Å². The van der Waals surface area contributed by atoms with Crippen molar-refractivity contribution in [1.82, 2.24) is 15.2 Å². The quantitative estimate of drug-likeness (QED) is 0.461. The van der Waals surface area contributed by atoms with Crippen molar-refractivity contribution in [2.75, 3.05) is 13.1 Å². The molecule has 23 heavy (non-hydrogen) atoms. The molecule has 0 unspecified atom stereocenters. The standard InChI is InChI=1S/C18H30N4O/c1-2-19-18(21-16-10-4-3-5-11-16)20-13-7-9-15-22-14-8-6-12-17(22)23/h6,8,12,14,16H,2-5,7,9-11,13,15H2,1H3,(H2,19,20,21). The van der Waals surface area contributed by atoms with Crippen LogP contribution in [0.3, 0.4) is 0 Å². The Balaban J connectivity index is 1.72. The summed E-state index contributed by atoms with van der Waals surface area (Å²) in [7, 11) is 0. The first-order valence-corrected chi connectivity index (χ1v) is 9.00. The summed E-state index contributed by atoms with van der Waals surface area (Å²) in [6, 6.07) is 5.86. The van der Waals surface area contributed by atoms with Crippen molar-refractivity contribution in [3.8, 4) is 0 Å². The number of pyridine rings is 1. The third-order valence-electron chi connectivity index (χ3n) is 4.27. The molecule has 0 saturated heterocycles. The molecule has 1 aliphatic rings. The van der Waals surface area contributed by atoms with E-state index >= 15 is 0 Å². The van der Waals surface area contributed by atoms with Crippen molar-refractivity contribution < 1.29 is 0 Å². The maximum atomic E-state index is 11.6. The van der Waals surface area contributed by atoms with Gasteiger partial charge < -0.3 is 15.2 Å². The van der Waals surface area contributed by atoms with Crippen LogP contribution >= 0.6 is 0 Å². The molecule has 0 radical (unpaired) electrons. The molecule has 0 aliphatic heterocycles. The highest BCUT2D eigenvalue weighted by Gasteiger charge is 2.14. The molecule has 1 fully saturated rings. The number of nitrogens with zero attached hydrogens (tertiary/aromatic N) is 2. The van der Waals surface area contributed by atoms with Crippen molar-refractivity contribution in [2.45, 2.75) is 64.5 Å². The Labute approximate surface area is 139 Å². The van der Waals surface area contributed by atoms with Crippen LogP contribution in [-0.4, -0.2) is 29.7 Å². The molecule has 1 aliphatic carbocycles. The minimum atomic E-state index is 0.0725. The zero-order valence-electron chi connectivity index (χ0n) is 14.3. The SMILES string of the molecule is CCNC(=NCCCCn1ccccc1=O)NC1CCCCC1. The van der Waals surface area contributed by atoms with Gasteiger partial charge in [-0.05, 0) is 38.7 Å². The van der Waals surface area contributed by atoms with Crippen LogP contribution in [0.2, 0.25) is 0 Å². The predicted molar refractivity (Wildman–Crippen MR) is 95.9 cm³/mol. The van der Waals surface area contributed by atoms with Crippen LogP contribution in [0.5, 0.6) is 0 Å². The number of hydrogen-bond donors (Lipinski definition) is 2. The van der Waals surface area contributed by atoms with E-state index in [-0.39, 0.29) is 5.56 Å². The first kappa shape index (κ1) is 17.6. The molecule has 1 saturated carbocycles. The Morgan fingerprint density at radius 2 is 2.09 bits per heavy atom. The summed E-state index contributed by atoms with van der Waals surface area (Å²) in [5.41, 5.74) is 0.0725. The fourth-order valence-corrected chi connectivity index (χ4v) is 2.99. The van der Waals surface area contributed by atoms with Crippen molar-refractivity contribution in [1.29, 1.82) is 0 Å². The highest BCUT2D eigenvalue weighted by atomic mass is 16.1. The van der Waals surface area contributed by atoms with Crippen LogP contribution in [0.25, 0.3) is 0 Å². The second-order valence-electron chi connectivity index (χ2n) is 6.18. The molecule has 5 heteroatoms. The Morgan fingerprint density at radius 1 is 1.26 bits per heavy atom. The molecule has 1 heterocycles. The van der Waals surface area contributed by atoms with E-state index in [1.807, 2.05) is 12.3 Å². The molecule has 0 amide bonds. The maximum Gasteiger partial charge on any atom is 0.250 e. The minimum absolute atomic E-state index is 0.0725. The van der Waals surface area contributed by atoms with E-state index in [1.165, 1.54) is 32.1 Å². The number of aliphatic imine (C=N–C) groups is 1. The van der Waals surface area contributed by atoms with E-state index in [1.54, 1.807) is 16.7 Å². The van der Waals surface area contributed by atoms with Crippen LogP contribution in [-0.2, 0) is 6.54 Å². The number of nitrogens with one attached hydrogen (secondary N) is 2. The summed E-state index contributed by atoms with van der Waals surface area (Å²) in [6.45, 7) is 4.54. The van der Waals surface area contributed by atoms with Gasteiger partial charge in [0.15, 0.2) is 5.96 Å². The Kier molecular flexibility index (Phi) is 7.70. The molecule has 2 rings (SSSR count). The van der Waals surface area contributed by atoms with Gasteiger partial charge in [0, 0.05) is 37.9 Å². The predicted octanol–water partition coefficient (Wildman–Crippen LogP) is 2.52. The summed E-state index contributed by atoms with van der Waals surface area (Å²) < 4.78 is 1.76. The minimum Gasteiger partial charge on any atom is -0.357 e. The van der Waals surface area contributed by atoms with Crippen molar-refractivity contribution in [2.24, 2.45) is 4.99 Å². The Morgan fingerprint density at radius 3 is 2.83 bits per heavy atom. The highest BCUT2D eigenvalue weighted by molar-refractivity contribution is 5.80. The lowest BCUT2D eigenvalue weighted by Gasteiger charge is -2.24. The highest BCUT2D eigenvalue weighted by Crippen LogP contribution is 2.17. The number of hydrogen-bond acceptors (Lipinski definition) is 2. The second kappa shape index (κ2) is 10.1. The molecule has 2 N–H and O–H groups in total. The first-order valence-electron chi connectivity index (χ1n) is 9.00. The molecule has 128 valence electrons. The van der Waals surface area contributed by atoms with Gasteiger partial charge in [-0.1, -0.05) is 25.3 Å². The number of guanidine groups is 1. The molecule has 0 atom stereocenters. The van der Waals surface area contributed by atoms with Crippen LogP contribution in [0, 0.1) is 0 Å². The molecule has 0 bridgehead atoms. The van der Waals surface area contributed by atoms with Crippen molar-refractivity contribution in [3.05, 3.63) is 34.7 Å². The Bertz CT molecular complexity index is 532. The maximum absolute atomic E-state index is 11.6. The molecule has 1 aromatic heterocycles. The number of aryl methyl sites for hydroxylation is 1. The second-order valence-corrected chi connectivity index (χ2v) is 6.18. The zero-order chi connectivity index (χ0) is 16.3. The smallest absolute Gasteiger partial charge is 0.250 e. The lowest BCUT2D eigenvalue weighted by atomic mass is 9.96. The molecule has 5 nitrogen and oxygen atoms in total. The fourth-order valence-electron chi connectivity index (χ4n) is 2.99. The molecule has 0 spiro atoms. The fraction of sp³-hybridized carbons (Fsp3) is 0.667. The largest absolute Gasteiger partial charge is 0.357 e. The number of unbranched alkanes of at least 4 members (excludes halogenated alkanes) is 1. The molecular formula is C18H30N4O. The van der Waals surface area contributed by atoms with Gasteiger partial charge in [-0.15, -0.1) is 0 Å². The van der Waals surface area contributed by atoms with E-state index in [4.69, 9.17) is 0 Å². The van der Waals surface area contributed by atoms with Crippen molar-refractivity contribution >= 4 is 5.96 Å². The number of rotatable bonds is 7. The average Bonchev–Trinajstić information content (AvgIpc) is 2.57. The lowest BCUT2D eigenvalue weighted by molar-refractivity contribution is 0.410. The molecule has 0 aromatic carbocycles. The zero-order valence-corrected chi connectivity index (χ0v) is 14.3. The first-order chi connectivity index (χ1) is 11.3. The molecule has 1 aromatic rings. The van der Waals surface area contributed by atoms with Gasteiger partial charge in [-0.3, -0.25) is 9.79 Å². The van der Waals surface area contributed by atoms with E-state index in [9.17, 15) is 4.79 Å². The van der Waals surface area contributed by atoms with E-state index in [0.717, 1.165) is 38.4 Å². The van der Waals surface area contributed by atoms with Crippen LogP contribution in [0.1, 0.15) is 51.9 Å². The normalized spacial score (nSPS) is 16.3. The third kappa shape index (κ3) is 6.47. The van der Waals surface area contributed by atoms with Gasteiger partial charge in [0.1, 0.15) is 0 Å². The van der Waals surface area contributed by atoms with Crippen molar-refractivity contribution in [3.63, 3.8) is 0 Å². The van der Waals surface area contributed by atoms with E-state index in [0.29, 0.717) is 6.04 Å². The monoisotopic (exact) mass is 318 g/mol. The van der Waals surface area contributed by atoms with E-state index < -0.39 is 0 Å².